The maximum Gasteiger partial charge on any atom is 0.152 e. The van der Waals surface area contributed by atoms with Gasteiger partial charge in [0.05, 0.1) is 11.1 Å². The number of hydrogen-bond acceptors (Lipinski definition) is 2. The predicted octanol–water partition coefficient (Wildman–Crippen LogP) is 5.32. The molecule has 1 unspecified atom stereocenters. The van der Waals surface area contributed by atoms with Gasteiger partial charge in [-0.3, -0.25) is 0 Å². The van der Waals surface area contributed by atoms with Crippen LogP contribution in [0.25, 0.3) is 11.0 Å². The molecule has 0 fully saturated rings. The lowest BCUT2D eigenvalue weighted by Crippen LogP contribution is -2.20. The Hall–Kier alpha value is -0.990. The number of furan rings is 1. The minimum atomic E-state index is 0.292. The zero-order valence-electron chi connectivity index (χ0n) is 11.7. The van der Waals surface area contributed by atoms with Gasteiger partial charge in [-0.2, -0.15) is 0 Å². The van der Waals surface area contributed by atoms with Gasteiger partial charge in [0.1, 0.15) is 5.76 Å². The summed E-state index contributed by atoms with van der Waals surface area (Å²) in [5.41, 5.74) is 0.803. The Bertz CT molecular complexity index is 520. The summed E-state index contributed by atoms with van der Waals surface area (Å²) < 4.78 is 5.95. The van der Waals surface area contributed by atoms with Crippen LogP contribution in [0.4, 0.5) is 0 Å². The van der Waals surface area contributed by atoms with E-state index >= 15 is 0 Å². The third-order valence-electron chi connectivity index (χ3n) is 3.41. The van der Waals surface area contributed by atoms with E-state index in [9.17, 15) is 0 Å². The normalized spacial score (nSPS) is 13.0. The maximum absolute atomic E-state index is 6.16. The van der Waals surface area contributed by atoms with Crippen molar-refractivity contribution < 1.29 is 4.42 Å². The SMILES string of the molecule is CCCCCC(NCC)c1cc2cccc(Cl)c2o1. The molecule has 2 nitrogen and oxygen atoms in total. The molecule has 1 aromatic carbocycles. The Morgan fingerprint density at radius 1 is 1.26 bits per heavy atom. The molecule has 0 saturated heterocycles. The second-order valence-corrected chi connectivity index (χ2v) is 5.32. The number of nitrogens with one attached hydrogen (secondary N) is 1. The van der Waals surface area contributed by atoms with Crippen LogP contribution in [0.5, 0.6) is 0 Å². The zero-order chi connectivity index (χ0) is 13.7. The van der Waals surface area contributed by atoms with Gasteiger partial charge in [0.15, 0.2) is 5.58 Å². The quantitative estimate of drug-likeness (QED) is 0.694. The number of rotatable bonds is 7. The van der Waals surface area contributed by atoms with Crippen LogP contribution >= 0.6 is 11.6 Å². The van der Waals surface area contributed by atoms with Crippen molar-refractivity contribution in [3.8, 4) is 0 Å². The molecular formula is C16H22ClNO. The number of unbranched alkanes of at least 4 members (excludes halogenated alkanes) is 2. The highest BCUT2D eigenvalue weighted by Crippen LogP contribution is 2.31. The third-order valence-corrected chi connectivity index (χ3v) is 3.70. The summed E-state index contributed by atoms with van der Waals surface area (Å²) in [6.45, 7) is 5.30. The Morgan fingerprint density at radius 2 is 2.11 bits per heavy atom. The lowest BCUT2D eigenvalue weighted by Gasteiger charge is -2.14. The fourth-order valence-corrected chi connectivity index (χ4v) is 2.63. The van der Waals surface area contributed by atoms with Crippen molar-refractivity contribution in [2.45, 2.75) is 45.6 Å². The smallest absolute Gasteiger partial charge is 0.152 e. The van der Waals surface area contributed by atoms with Crippen molar-refractivity contribution >= 4 is 22.6 Å². The average Bonchev–Trinajstić information content (AvgIpc) is 2.83. The first-order valence-corrected chi connectivity index (χ1v) is 7.55. The Morgan fingerprint density at radius 3 is 2.79 bits per heavy atom. The summed E-state index contributed by atoms with van der Waals surface area (Å²) in [6, 6.07) is 8.28. The van der Waals surface area contributed by atoms with Gasteiger partial charge in [-0.25, -0.2) is 0 Å². The lowest BCUT2D eigenvalue weighted by molar-refractivity contribution is 0.405. The van der Waals surface area contributed by atoms with Crippen molar-refractivity contribution in [3.63, 3.8) is 0 Å². The van der Waals surface area contributed by atoms with Crippen LogP contribution in [0.3, 0.4) is 0 Å². The molecule has 0 aliphatic heterocycles. The Balaban J connectivity index is 2.20. The van der Waals surface area contributed by atoms with Crippen molar-refractivity contribution in [2.24, 2.45) is 0 Å². The van der Waals surface area contributed by atoms with E-state index in [1.165, 1.54) is 19.3 Å². The molecule has 0 saturated carbocycles. The van der Waals surface area contributed by atoms with Gasteiger partial charge in [0, 0.05) is 5.39 Å². The van der Waals surface area contributed by atoms with Crippen LogP contribution < -0.4 is 5.32 Å². The van der Waals surface area contributed by atoms with Crippen LogP contribution in [-0.2, 0) is 0 Å². The second-order valence-electron chi connectivity index (χ2n) is 4.91. The van der Waals surface area contributed by atoms with Gasteiger partial charge in [0.25, 0.3) is 0 Å². The first-order valence-electron chi connectivity index (χ1n) is 7.17. The van der Waals surface area contributed by atoms with Crippen molar-refractivity contribution in [1.82, 2.24) is 5.32 Å². The highest BCUT2D eigenvalue weighted by molar-refractivity contribution is 6.34. The van der Waals surface area contributed by atoms with Gasteiger partial charge < -0.3 is 9.73 Å². The monoisotopic (exact) mass is 279 g/mol. The highest BCUT2D eigenvalue weighted by Gasteiger charge is 2.16. The fraction of sp³-hybridized carbons (Fsp3) is 0.500. The Labute approximate surface area is 120 Å². The van der Waals surface area contributed by atoms with Gasteiger partial charge in [-0.1, -0.05) is 56.8 Å². The van der Waals surface area contributed by atoms with E-state index in [0.29, 0.717) is 11.1 Å². The fourth-order valence-electron chi connectivity index (χ4n) is 2.41. The molecule has 2 rings (SSSR count). The molecule has 0 amide bonds. The summed E-state index contributed by atoms with van der Waals surface area (Å²) in [4.78, 5) is 0. The number of benzene rings is 1. The number of halogens is 1. The molecular weight excluding hydrogens is 258 g/mol. The number of para-hydroxylation sites is 1. The second kappa shape index (κ2) is 6.97. The van der Waals surface area contributed by atoms with Crippen LogP contribution in [0.15, 0.2) is 28.7 Å². The van der Waals surface area contributed by atoms with Crippen LogP contribution in [0.2, 0.25) is 5.02 Å². The first-order chi connectivity index (χ1) is 9.26. The minimum Gasteiger partial charge on any atom is -0.458 e. The summed E-state index contributed by atoms with van der Waals surface area (Å²) in [6.07, 6.45) is 4.84. The third kappa shape index (κ3) is 3.52. The molecule has 0 aliphatic carbocycles. The topological polar surface area (TPSA) is 25.2 Å². The Kier molecular flexibility index (Phi) is 5.29. The lowest BCUT2D eigenvalue weighted by atomic mass is 10.1. The summed E-state index contributed by atoms with van der Waals surface area (Å²) in [5.74, 6) is 1.00. The predicted molar refractivity (Wildman–Crippen MR) is 81.8 cm³/mol. The molecule has 19 heavy (non-hydrogen) atoms. The van der Waals surface area contributed by atoms with E-state index in [4.69, 9.17) is 16.0 Å². The first kappa shape index (κ1) is 14.4. The molecule has 104 valence electrons. The standard InChI is InChI=1S/C16H22ClNO/c1-3-5-6-10-14(18-4-2)15-11-12-8-7-9-13(17)16(12)19-15/h7-9,11,14,18H,3-6,10H2,1-2H3. The summed E-state index contributed by atoms with van der Waals surface area (Å²) >= 11 is 6.16. The molecule has 0 spiro atoms. The van der Waals surface area contributed by atoms with Gasteiger partial charge >= 0.3 is 0 Å². The van der Waals surface area contributed by atoms with E-state index in [2.05, 4.69) is 25.2 Å². The van der Waals surface area contributed by atoms with Crippen LogP contribution in [-0.4, -0.2) is 6.54 Å². The van der Waals surface area contributed by atoms with Crippen LogP contribution in [0, 0.1) is 0 Å². The number of hydrogen-bond donors (Lipinski definition) is 1. The molecule has 3 heteroatoms. The molecule has 1 aromatic heterocycles. The summed E-state index contributed by atoms with van der Waals surface area (Å²) in [7, 11) is 0. The van der Waals surface area contributed by atoms with Gasteiger partial charge in [0.2, 0.25) is 0 Å². The summed E-state index contributed by atoms with van der Waals surface area (Å²) in [5, 5.41) is 5.27. The molecule has 2 aromatic rings. The van der Waals surface area contributed by atoms with E-state index in [1.807, 2.05) is 18.2 Å². The van der Waals surface area contributed by atoms with Crippen molar-refractivity contribution in [1.29, 1.82) is 0 Å². The molecule has 0 bridgehead atoms. The molecule has 1 atom stereocenters. The molecule has 0 aliphatic rings. The highest BCUT2D eigenvalue weighted by atomic mass is 35.5. The average molecular weight is 280 g/mol. The molecule has 1 heterocycles. The van der Waals surface area contributed by atoms with E-state index in [-0.39, 0.29) is 0 Å². The van der Waals surface area contributed by atoms with E-state index in [0.717, 1.165) is 29.7 Å². The zero-order valence-corrected chi connectivity index (χ0v) is 12.5. The maximum atomic E-state index is 6.16. The van der Waals surface area contributed by atoms with E-state index in [1.54, 1.807) is 0 Å². The number of fused-ring (bicyclic) bond motifs is 1. The van der Waals surface area contributed by atoms with Crippen molar-refractivity contribution in [3.05, 3.63) is 35.0 Å². The van der Waals surface area contributed by atoms with Gasteiger partial charge in [-0.05, 0) is 25.1 Å². The largest absolute Gasteiger partial charge is 0.458 e. The minimum absolute atomic E-state index is 0.292. The van der Waals surface area contributed by atoms with E-state index < -0.39 is 0 Å². The van der Waals surface area contributed by atoms with Crippen molar-refractivity contribution in [2.75, 3.05) is 6.54 Å². The molecule has 0 radical (unpaired) electrons. The van der Waals surface area contributed by atoms with Crippen LogP contribution in [0.1, 0.15) is 51.3 Å². The van der Waals surface area contributed by atoms with Gasteiger partial charge in [-0.15, -0.1) is 0 Å². The molecule has 1 N–H and O–H groups in total.